The number of ether oxygens (including phenoxy) is 1. The lowest BCUT2D eigenvalue weighted by Gasteiger charge is -2.32. The van der Waals surface area contributed by atoms with Crippen LogP contribution in [0.15, 0.2) is 29.4 Å². The van der Waals surface area contributed by atoms with E-state index in [1.165, 1.54) is 5.01 Å². The largest absolute Gasteiger partial charge is 0.444 e. The fourth-order valence-corrected chi connectivity index (χ4v) is 3.06. The lowest BCUT2D eigenvalue weighted by molar-refractivity contribution is -0.132. The van der Waals surface area contributed by atoms with Gasteiger partial charge in [-0.1, -0.05) is 23.7 Å². The van der Waals surface area contributed by atoms with Crippen molar-refractivity contribution in [3.8, 4) is 0 Å². The predicted octanol–water partition coefficient (Wildman–Crippen LogP) is 3.30. The highest BCUT2D eigenvalue weighted by Crippen LogP contribution is 2.26. The Morgan fingerprint density at radius 2 is 2.00 bits per heavy atom. The van der Waals surface area contributed by atoms with Crippen LogP contribution in [0.25, 0.3) is 0 Å². The second-order valence-electron chi connectivity index (χ2n) is 7.34. The molecule has 1 aromatic carbocycles. The van der Waals surface area contributed by atoms with Crippen LogP contribution in [0.3, 0.4) is 0 Å². The summed E-state index contributed by atoms with van der Waals surface area (Å²) in [5, 5.41) is 6.61. The summed E-state index contributed by atoms with van der Waals surface area (Å²) in [5.41, 5.74) is 1.26. The summed E-state index contributed by atoms with van der Waals surface area (Å²) in [4.78, 5) is 26.5. The Labute approximate surface area is 152 Å². The van der Waals surface area contributed by atoms with Crippen LogP contribution >= 0.6 is 11.6 Å². The molecule has 25 heavy (non-hydrogen) atoms. The fraction of sp³-hybridized carbons (Fsp3) is 0.500. The third-order valence-electron chi connectivity index (χ3n) is 4.14. The Morgan fingerprint density at radius 1 is 1.32 bits per heavy atom. The quantitative estimate of drug-likeness (QED) is 0.809. The lowest BCUT2D eigenvalue weighted by Crippen LogP contribution is -2.47. The maximum absolute atomic E-state index is 12.7. The van der Waals surface area contributed by atoms with Gasteiger partial charge in [0.05, 0.1) is 18.2 Å². The highest BCUT2D eigenvalue weighted by Gasteiger charge is 2.41. The van der Waals surface area contributed by atoms with Crippen LogP contribution < -0.4 is 0 Å². The molecule has 1 aromatic rings. The minimum absolute atomic E-state index is 0.0711. The van der Waals surface area contributed by atoms with Gasteiger partial charge < -0.3 is 9.64 Å². The van der Waals surface area contributed by atoms with Gasteiger partial charge in [0.15, 0.2) is 0 Å². The number of benzene rings is 1. The Bertz CT molecular complexity index is 709. The van der Waals surface area contributed by atoms with E-state index in [9.17, 15) is 9.59 Å². The molecule has 0 saturated carbocycles. The zero-order valence-corrected chi connectivity index (χ0v) is 15.4. The number of hydrazone groups is 1. The third kappa shape index (κ3) is 4.12. The number of amides is 2. The molecule has 134 valence electrons. The first-order valence-corrected chi connectivity index (χ1v) is 8.72. The van der Waals surface area contributed by atoms with Crippen molar-refractivity contribution in [3.05, 3.63) is 34.9 Å². The Morgan fingerprint density at radius 3 is 2.64 bits per heavy atom. The van der Waals surface area contributed by atoms with E-state index < -0.39 is 5.60 Å². The van der Waals surface area contributed by atoms with Crippen molar-refractivity contribution < 1.29 is 14.3 Å². The van der Waals surface area contributed by atoms with E-state index >= 15 is 0 Å². The molecule has 0 aromatic heterocycles. The molecular weight excluding hydrogens is 342 g/mol. The number of hydrogen-bond acceptors (Lipinski definition) is 4. The predicted molar refractivity (Wildman–Crippen MR) is 95.4 cm³/mol. The van der Waals surface area contributed by atoms with Crippen molar-refractivity contribution >= 4 is 29.3 Å². The van der Waals surface area contributed by atoms with Gasteiger partial charge in [-0.25, -0.2) is 9.80 Å². The normalized spacial score (nSPS) is 20.4. The highest BCUT2D eigenvalue weighted by molar-refractivity contribution is 6.30. The van der Waals surface area contributed by atoms with Crippen molar-refractivity contribution in [3.63, 3.8) is 0 Å². The summed E-state index contributed by atoms with van der Waals surface area (Å²) in [5.74, 6) is -0.438. The van der Waals surface area contributed by atoms with E-state index in [4.69, 9.17) is 16.3 Å². The topological polar surface area (TPSA) is 62.2 Å². The van der Waals surface area contributed by atoms with E-state index in [2.05, 4.69) is 5.10 Å². The van der Waals surface area contributed by atoms with Gasteiger partial charge in [-0.05, 0) is 38.5 Å². The summed E-state index contributed by atoms with van der Waals surface area (Å²) >= 11 is 5.89. The van der Waals surface area contributed by atoms with Crippen LogP contribution in [-0.4, -0.2) is 46.3 Å². The van der Waals surface area contributed by atoms with Gasteiger partial charge >= 0.3 is 6.09 Å². The smallest absolute Gasteiger partial charge is 0.410 e. The second-order valence-corrected chi connectivity index (χ2v) is 7.78. The van der Waals surface area contributed by atoms with Crippen molar-refractivity contribution in [2.24, 2.45) is 11.0 Å². The summed E-state index contributed by atoms with van der Waals surface area (Å²) in [6.45, 7) is 6.74. The van der Waals surface area contributed by atoms with E-state index in [0.717, 1.165) is 11.3 Å². The van der Waals surface area contributed by atoms with Crippen molar-refractivity contribution in [1.82, 2.24) is 9.91 Å². The first-order chi connectivity index (χ1) is 11.7. The zero-order chi connectivity index (χ0) is 18.2. The van der Waals surface area contributed by atoms with Crippen LogP contribution in [0.1, 0.15) is 32.8 Å². The summed E-state index contributed by atoms with van der Waals surface area (Å²) in [6, 6.07) is 7.35. The molecular formula is C18H22ClN3O3. The summed E-state index contributed by atoms with van der Waals surface area (Å²) in [7, 11) is 0. The molecule has 1 fully saturated rings. The molecule has 2 heterocycles. The molecule has 0 spiro atoms. The molecule has 0 radical (unpaired) electrons. The van der Waals surface area contributed by atoms with Crippen LogP contribution in [0, 0.1) is 5.92 Å². The molecule has 1 atom stereocenters. The molecule has 0 bridgehead atoms. The highest BCUT2D eigenvalue weighted by atomic mass is 35.5. The standard InChI is InChI=1S/C18H22ClN3O3/c1-18(2,3)25-17(24)21-9-8-15-14(11-21)16(23)22(20-15)10-12-4-6-13(19)7-5-12/h4-7,14H,8-11H2,1-3H3. The third-order valence-corrected chi connectivity index (χ3v) is 4.39. The number of rotatable bonds is 2. The molecule has 6 nitrogen and oxygen atoms in total. The van der Waals surface area contributed by atoms with E-state index in [0.29, 0.717) is 31.1 Å². The maximum Gasteiger partial charge on any atom is 0.410 e. The molecule has 0 aliphatic carbocycles. The second kappa shape index (κ2) is 6.67. The molecule has 3 rings (SSSR count). The zero-order valence-electron chi connectivity index (χ0n) is 14.7. The first kappa shape index (κ1) is 17.7. The number of fused-ring (bicyclic) bond motifs is 1. The van der Waals surface area contributed by atoms with Gasteiger partial charge in [0.2, 0.25) is 0 Å². The van der Waals surface area contributed by atoms with Gasteiger partial charge in [-0.2, -0.15) is 5.10 Å². The fourth-order valence-electron chi connectivity index (χ4n) is 2.93. The van der Waals surface area contributed by atoms with E-state index in [-0.39, 0.29) is 17.9 Å². The van der Waals surface area contributed by atoms with Crippen molar-refractivity contribution in [2.45, 2.75) is 39.3 Å². The number of halogens is 1. The number of hydrogen-bond donors (Lipinski definition) is 0. The van der Waals surface area contributed by atoms with Crippen molar-refractivity contribution in [1.29, 1.82) is 0 Å². The average Bonchev–Trinajstić information content (AvgIpc) is 2.84. The SMILES string of the molecule is CC(C)(C)OC(=O)N1CCC2=NN(Cc3ccc(Cl)cc3)C(=O)C2C1. The summed E-state index contributed by atoms with van der Waals surface area (Å²) < 4.78 is 5.40. The van der Waals surface area contributed by atoms with Crippen LogP contribution in [-0.2, 0) is 16.1 Å². The maximum atomic E-state index is 12.7. The van der Waals surface area contributed by atoms with Gasteiger partial charge in [0.1, 0.15) is 5.60 Å². The molecule has 2 aliphatic heterocycles. The average molecular weight is 364 g/mol. The number of nitrogens with zero attached hydrogens (tertiary/aromatic N) is 3. The number of likely N-dealkylation sites (tertiary alicyclic amines) is 1. The minimum Gasteiger partial charge on any atom is -0.444 e. The van der Waals surface area contributed by atoms with Gasteiger partial charge in [-0.3, -0.25) is 4.79 Å². The van der Waals surface area contributed by atoms with Gasteiger partial charge in [0.25, 0.3) is 5.91 Å². The number of carbonyl (C=O) groups is 2. The van der Waals surface area contributed by atoms with Crippen LogP contribution in [0.4, 0.5) is 4.79 Å². The lowest BCUT2D eigenvalue weighted by atomic mass is 9.96. The molecule has 0 N–H and O–H groups in total. The number of carbonyl (C=O) groups excluding carboxylic acids is 2. The Kier molecular flexibility index (Phi) is 4.73. The molecule has 7 heteroatoms. The Balaban J connectivity index is 1.65. The molecule has 2 aliphatic rings. The molecule has 2 amide bonds. The van der Waals surface area contributed by atoms with E-state index in [1.54, 1.807) is 17.0 Å². The summed E-state index contributed by atoms with van der Waals surface area (Å²) in [6.07, 6.45) is 0.211. The minimum atomic E-state index is -0.550. The monoisotopic (exact) mass is 363 g/mol. The molecule has 1 saturated heterocycles. The van der Waals surface area contributed by atoms with Crippen LogP contribution in [0.2, 0.25) is 5.02 Å². The van der Waals surface area contributed by atoms with Crippen LogP contribution in [0.5, 0.6) is 0 Å². The van der Waals surface area contributed by atoms with Gasteiger partial charge in [0, 0.05) is 24.5 Å². The number of piperidine rings is 1. The van der Waals surface area contributed by atoms with E-state index in [1.807, 2.05) is 32.9 Å². The first-order valence-electron chi connectivity index (χ1n) is 8.34. The Hall–Kier alpha value is -2.08. The molecule has 1 unspecified atom stereocenters. The van der Waals surface area contributed by atoms with Crippen molar-refractivity contribution in [2.75, 3.05) is 13.1 Å². The van der Waals surface area contributed by atoms with Gasteiger partial charge in [-0.15, -0.1) is 0 Å².